The minimum Gasteiger partial charge on any atom is -0.496 e. The van der Waals surface area contributed by atoms with Gasteiger partial charge < -0.3 is 18.8 Å². The van der Waals surface area contributed by atoms with Crippen LogP contribution in [0.5, 0.6) is 5.75 Å². The first-order chi connectivity index (χ1) is 12.3. The Morgan fingerprint density at radius 3 is 2.56 bits per heavy atom. The molecule has 1 fully saturated rings. The third-order valence-electron chi connectivity index (χ3n) is 4.46. The zero-order valence-electron chi connectivity index (χ0n) is 14.0. The SMILES string of the molecule is COc1ccccc1-c1cccc2c(=O)cc(N3CCOCC3)oc12. The number of ether oxygens (including phenoxy) is 2. The highest BCUT2D eigenvalue weighted by Crippen LogP contribution is 2.35. The van der Waals surface area contributed by atoms with Gasteiger partial charge in [-0.15, -0.1) is 0 Å². The summed E-state index contributed by atoms with van der Waals surface area (Å²) in [6.07, 6.45) is 0. The molecule has 4 rings (SSSR count). The van der Waals surface area contributed by atoms with Gasteiger partial charge in [0.15, 0.2) is 11.3 Å². The normalized spacial score (nSPS) is 14.7. The van der Waals surface area contributed by atoms with Gasteiger partial charge in [0.1, 0.15) is 11.3 Å². The summed E-state index contributed by atoms with van der Waals surface area (Å²) in [6.45, 7) is 2.70. The molecule has 5 heteroatoms. The largest absolute Gasteiger partial charge is 0.496 e. The second-order valence-electron chi connectivity index (χ2n) is 5.93. The highest BCUT2D eigenvalue weighted by atomic mass is 16.5. The van der Waals surface area contributed by atoms with Crippen LogP contribution in [0.4, 0.5) is 5.88 Å². The molecule has 1 aliphatic heterocycles. The van der Waals surface area contributed by atoms with E-state index in [1.165, 1.54) is 0 Å². The van der Waals surface area contributed by atoms with Gasteiger partial charge in [-0.25, -0.2) is 0 Å². The molecule has 128 valence electrons. The lowest BCUT2D eigenvalue weighted by molar-refractivity contribution is 0.121. The van der Waals surface area contributed by atoms with Gasteiger partial charge in [0.05, 0.1) is 25.7 Å². The summed E-state index contributed by atoms with van der Waals surface area (Å²) < 4.78 is 17.0. The molecule has 0 radical (unpaired) electrons. The van der Waals surface area contributed by atoms with Crippen LogP contribution in [0.3, 0.4) is 0 Å². The first-order valence-corrected chi connectivity index (χ1v) is 8.31. The Bertz CT molecular complexity index is 957. The van der Waals surface area contributed by atoms with Gasteiger partial charge in [-0.3, -0.25) is 4.79 Å². The topological polar surface area (TPSA) is 51.9 Å². The molecule has 25 heavy (non-hydrogen) atoms. The highest BCUT2D eigenvalue weighted by Gasteiger charge is 2.18. The molecule has 0 aliphatic carbocycles. The second-order valence-corrected chi connectivity index (χ2v) is 5.93. The summed E-state index contributed by atoms with van der Waals surface area (Å²) in [7, 11) is 1.64. The van der Waals surface area contributed by atoms with E-state index in [0.717, 1.165) is 16.9 Å². The average molecular weight is 337 g/mol. The van der Waals surface area contributed by atoms with Gasteiger partial charge in [0.25, 0.3) is 0 Å². The van der Waals surface area contributed by atoms with E-state index in [1.54, 1.807) is 19.2 Å². The molecule has 0 spiro atoms. The molecular weight excluding hydrogens is 318 g/mol. The standard InChI is InChI=1S/C20H19NO4/c1-23-18-8-3-2-5-14(18)15-6-4-7-16-17(22)13-19(25-20(15)16)21-9-11-24-12-10-21/h2-8,13H,9-12H2,1H3. The van der Waals surface area contributed by atoms with Crippen molar-refractivity contribution in [1.29, 1.82) is 0 Å². The molecule has 0 N–H and O–H groups in total. The van der Waals surface area contributed by atoms with Gasteiger partial charge in [-0.05, 0) is 12.1 Å². The Labute approximate surface area is 145 Å². The third-order valence-corrected chi connectivity index (χ3v) is 4.46. The molecule has 2 heterocycles. The number of anilines is 1. The number of nitrogens with zero attached hydrogens (tertiary/aromatic N) is 1. The van der Waals surface area contributed by atoms with Crippen molar-refractivity contribution >= 4 is 16.9 Å². The Hall–Kier alpha value is -2.79. The van der Waals surface area contributed by atoms with E-state index in [9.17, 15) is 4.79 Å². The minimum absolute atomic E-state index is 0.0421. The summed E-state index contributed by atoms with van der Waals surface area (Å²) >= 11 is 0. The first kappa shape index (κ1) is 15.7. The Balaban J connectivity index is 1.93. The van der Waals surface area contributed by atoms with Crippen LogP contribution in [0, 0.1) is 0 Å². The number of hydrogen-bond donors (Lipinski definition) is 0. The molecule has 0 bridgehead atoms. The predicted molar refractivity (Wildman–Crippen MR) is 97.5 cm³/mol. The van der Waals surface area contributed by atoms with Crippen molar-refractivity contribution in [1.82, 2.24) is 0 Å². The van der Waals surface area contributed by atoms with Gasteiger partial charge in [0, 0.05) is 30.3 Å². The Kier molecular flexibility index (Phi) is 4.15. The highest BCUT2D eigenvalue weighted by molar-refractivity contribution is 5.94. The monoisotopic (exact) mass is 337 g/mol. The van der Waals surface area contributed by atoms with Crippen molar-refractivity contribution in [2.24, 2.45) is 0 Å². The fraction of sp³-hybridized carbons (Fsp3) is 0.250. The van der Waals surface area contributed by atoms with Gasteiger partial charge in [0.2, 0.25) is 0 Å². The molecule has 1 aromatic heterocycles. The summed E-state index contributed by atoms with van der Waals surface area (Å²) in [5.74, 6) is 1.33. The van der Waals surface area contributed by atoms with Crippen LogP contribution in [-0.2, 0) is 4.74 Å². The number of fused-ring (bicyclic) bond motifs is 1. The summed E-state index contributed by atoms with van der Waals surface area (Å²) in [6, 6.07) is 14.9. The van der Waals surface area contributed by atoms with Crippen LogP contribution < -0.4 is 15.1 Å². The molecule has 0 saturated carbocycles. The minimum atomic E-state index is -0.0421. The predicted octanol–water partition coefficient (Wildman–Crippen LogP) is 3.31. The van der Waals surface area contributed by atoms with Gasteiger partial charge in [-0.2, -0.15) is 0 Å². The van der Waals surface area contributed by atoms with E-state index in [4.69, 9.17) is 13.9 Å². The summed E-state index contributed by atoms with van der Waals surface area (Å²) in [4.78, 5) is 14.7. The molecule has 3 aromatic rings. The number of morpholine rings is 1. The van der Waals surface area contributed by atoms with E-state index >= 15 is 0 Å². The zero-order chi connectivity index (χ0) is 17.2. The van der Waals surface area contributed by atoms with Crippen LogP contribution in [0.2, 0.25) is 0 Å². The number of rotatable bonds is 3. The van der Waals surface area contributed by atoms with Crippen molar-refractivity contribution in [2.45, 2.75) is 0 Å². The van der Waals surface area contributed by atoms with Crippen molar-refractivity contribution in [3.8, 4) is 16.9 Å². The molecular formula is C20H19NO4. The first-order valence-electron chi connectivity index (χ1n) is 8.31. The quantitative estimate of drug-likeness (QED) is 0.734. The number of methoxy groups -OCH3 is 1. The van der Waals surface area contributed by atoms with Crippen LogP contribution in [-0.4, -0.2) is 33.4 Å². The van der Waals surface area contributed by atoms with Crippen LogP contribution in [0.15, 0.2) is 57.7 Å². The fourth-order valence-electron chi connectivity index (χ4n) is 3.18. The van der Waals surface area contributed by atoms with E-state index in [2.05, 4.69) is 0 Å². The van der Waals surface area contributed by atoms with Crippen LogP contribution in [0.25, 0.3) is 22.1 Å². The molecule has 0 atom stereocenters. The number of para-hydroxylation sites is 2. The summed E-state index contributed by atoms with van der Waals surface area (Å²) in [5, 5.41) is 0.570. The number of benzene rings is 2. The number of hydrogen-bond acceptors (Lipinski definition) is 5. The molecule has 1 saturated heterocycles. The average Bonchev–Trinajstić information content (AvgIpc) is 2.68. The van der Waals surface area contributed by atoms with Crippen molar-refractivity contribution in [2.75, 3.05) is 38.3 Å². The van der Waals surface area contributed by atoms with Gasteiger partial charge in [-0.1, -0.05) is 30.3 Å². The maximum Gasteiger partial charge on any atom is 0.200 e. The Morgan fingerprint density at radius 1 is 1.00 bits per heavy atom. The van der Waals surface area contributed by atoms with E-state index < -0.39 is 0 Å². The van der Waals surface area contributed by atoms with Crippen molar-refractivity contribution in [3.05, 3.63) is 58.8 Å². The van der Waals surface area contributed by atoms with E-state index in [-0.39, 0.29) is 5.43 Å². The van der Waals surface area contributed by atoms with E-state index in [0.29, 0.717) is 43.2 Å². The zero-order valence-corrected chi connectivity index (χ0v) is 14.0. The van der Waals surface area contributed by atoms with Crippen LogP contribution >= 0.6 is 0 Å². The van der Waals surface area contributed by atoms with E-state index in [1.807, 2.05) is 41.3 Å². The fourth-order valence-corrected chi connectivity index (χ4v) is 3.18. The molecule has 2 aromatic carbocycles. The lowest BCUT2D eigenvalue weighted by atomic mass is 10.0. The van der Waals surface area contributed by atoms with Crippen molar-refractivity contribution in [3.63, 3.8) is 0 Å². The molecule has 0 unspecified atom stereocenters. The lowest BCUT2D eigenvalue weighted by Crippen LogP contribution is -2.36. The maximum absolute atomic E-state index is 12.6. The summed E-state index contributed by atoms with van der Waals surface area (Å²) in [5.41, 5.74) is 2.29. The Morgan fingerprint density at radius 2 is 1.76 bits per heavy atom. The van der Waals surface area contributed by atoms with Crippen LogP contribution in [0.1, 0.15) is 0 Å². The third kappa shape index (κ3) is 2.87. The molecule has 0 amide bonds. The van der Waals surface area contributed by atoms with Crippen molar-refractivity contribution < 1.29 is 13.9 Å². The molecule has 1 aliphatic rings. The maximum atomic E-state index is 12.6. The van der Waals surface area contributed by atoms with Gasteiger partial charge >= 0.3 is 0 Å². The lowest BCUT2D eigenvalue weighted by Gasteiger charge is -2.27. The second kappa shape index (κ2) is 6.61. The molecule has 5 nitrogen and oxygen atoms in total. The smallest absolute Gasteiger partial charge is 0.200 e.